The van der Waals surface area contributed by atoms with Gasteiger partial charge in [-0.15, -0.1) is 0 Å². The van der Waals surface area contributed by atoms with Crippen molar-refractivity contribution < 1.29 is 0 Å². The number of likely N-dealkylation sites (tertiary alicyclic amines) is 1. The van der Waals surface area contributed by atoms with E-state index in [-0.39, 0.29) is 0 Å². The number of hydrogen-bond donors (Lipinski definition) is 1. The first-order valence-corrected chi connectivity index (χ1v) is 7.54. The molecule has 3 unspecified atom stereocenters. The van der Waals surface area contributed by atoms with Gasteiger partial charge in [0.25, 0.3) is 0 Å². The quantitative estimate of drug-likeness (QED) is 0.705. The highest BCUT2D eigenvalue weighted by atomic mass is 32.2. The highest BCUT2D eigenvalue weighted by Gasteiger charge is 2.40. The normalized spacial score (nSPS) is 32.4. The molecule has 2 rings (SSSR count). The lowest BCUT2D eigenvalue weighted by molar-refractivity contribution is 0.150. The average molecular weight is 228 g/mol. The molecule has 2 bridgehead atoms. The van der Waals surface area contributed by atoms with Gasteiger partial charge in [-0.2, -0.15) is 11.8 Å². The summed E-state index contributed by atoms with van der Waals surface area (Å²) in [6.07, 6.45) is 5.65. The van der Waals surface area contributed by atoms with Crippen molar-refractivity contribution in [3.63, 3.8) is 0 Å². The molecule has 1 aliphatic carbocycles. The molecule has 2 aliphatic rings. The van der Waals surface area contributed by atoms with Crippen LogP contribution in [0.1, 0.15) is 32.6 Å². The number of fused-ring (bicyclic) bond motifs is 2. The summed E-state index contributed by atoms with van der Waals surface area (Å²) in [5, 5.41) is 0. The Morgan fingerprint density at radius 2 is 2.33 bits per heavy atom. The lowest BCUT2D eigenvalue weighted by Crippen LogP contribution is -2.45. The van der Waals surface area contributed by atoms with Crippen LogP contribution in [0.3, 0.4) is 0 Å². The minimum Gasteiger partial charge on any atom is -0.329 e. The fourth-order valence-corrected chi connectivity index (χ4v) is 3.92. The van der Waals surface area contributed by atoms with Crippen molar-refractivity contribution in [1.29, 1.82) is 0 Å². The van der Waals surface area contributed by atoms with Crippen molar-refractivity contribution in [3.8, 4) is 0 Å². The number of nitrogens with two attached hydrogens (primary N) is 1. The van der Waals surface area contributed by atoms with Crippen LogP contribution in [0.15, 0.2) is 0 Å². The maximum Gasteiger partial charge on any atom is 0.0229 e. The summed E-state index contributed by atoms with van der Waals surface area (Å²) in [4.78, 5) is 2.71. The molecule has 0 spiro atoms. The predicted molar refractivity (Wildman–Crippen MR) is 68.3 cm³/mol. The second-order valence-electron chi connectivity index (χ2n) is 4.90. The molecular weight excluding hydrogens is 204 g/mol. The third-order valence-corrected chi connectivity index (χ3v) is 4.92. The van der Waals surface area contributed by atoms with Gasteiger partial charge in [0.1, 0.15) is 0 Å². The van der Waals surface area contributed by atoms with E-state index in [2.05, 4.69) is 11.8 Å². The van der Waals surface area contributed by atoms with E-state index in [1.807, 2.05) is 11.8 Å². The van der Waals surface area contributed by atoms with Crippen LogP contribution >= 0.6 is 11.8 Å². The Kier molecular flexibility index (Phi) is 4.35. The van der Waals surface area contributed by atoms with Crippen molar-refractivity contribution in [2.24, 2.45) is 11.7 Å². The van der Waals surface area contributed by atoms with Crippen LogP contribution in [0.5, 0.6) is 0 Å². The van der Waals surface area contributed by atoms with E-state index in [4.69, 9.17) is 5.73 Å². The maximum atomic E-state index is 5.92. The zero-order valence-electron chi connectivity index (χ0n) is 9.82. The van der Waals surface area contributed by atoms with E-state index in [0.29, 0.717) is 6.04 Å². The lowest BCUT2D eigenvalue weighted by Gasteiger charge is -2.34. The Hall–Kier alpha value is 0.270. The molecule has 1 saturated heterocycles. The van der Waals surface area contributed by atoms with Crippen LogP contribution in [-0.4, -0.2) is 41.6 Å². The van der Waals surface area contributed by atoms with Crippen LogP contribution in [0, 0.1) is 5.92 Å². The number of piperidine rings is 1. The van der Waals surface area contributed by atoms with Gasteiger partial charge in [-0.25, -0.2) is 0 Å². The number of thioether (sulfide) groups is 1. The number of rotatable bonds is 6. The summed E-state index contributed by atoms with van der Waals surface area (Å²) in [6, 6.07) is 1.55. The van der Waals surface area contributed by atoms with Crippen LogP contribution in [-0.2, 0) is 0 Å². The van der Waals surface area contributed by atoms with Crippen molar-refractivity contribution >= 4 is 11.8 Å². The Morgan fingerprint density at radius 1 is 1.47 bits per heavy atom. The van der Waals surface area contributed by atoms with E-state index >= 15 is 0 Å². The third-order valence-electron chi connectivity index (χ3n) is 3.99. The summed E-state index contributed by atoms with van der Waals surface area (Å²) in [5.41, 5.74) is 5.92. The largest absolute Gasteiger partial charge is 0.329 e. The molecule has 0 aromatic rings. The molecule has 0 radical (unpaired) electrons. The average Bonchev–Trinajstić information content (AvgIpc) is 2.86. The first-order chi connectivity index (χ1) is 7.35. The van der Waals surface area contributed by atoms with Crippen LogP contribution in [0.4, 0.5) is 0 Å². The Labute approximate surface area is 98.0 Å². The first-order valence-electron chi connectivity index (χ1n) is 6.38. The van der Waals surface area contributed by atoms with E-state index < -0.39 is 0 Å². The SMILES string of the molecule is CCSCCC(CN)N1CC2CCC1C2. The molecule has 3 heteroatoms. The van der Waals surface area contributed by atoms with Gasteiger partial charge in [0.2, 0.25) is 0 Å². The molecule has 1 aliphatic heterocycles. The monoisotopic (exact) mass is 228 g/mol. The smallest absolute Gasteiger partial charge is 0.0229 e. The molecule has 88 valence electrons. The minimum atomic E-state index is 0.666. The van der Waals surface area contributed by atoms with E-state index in [1.54, 1.807) is 0 Å². The molecule has 3 atom stereocenters. The molecule has 0 aromatic carbocycles. The lowest BCUT2D eigenvalue weighted by atomic mass is 10.1. The standard InChI is InChI=1S/C12H24N2S/c1-2-15-6-5-12(8-13)14-9-10-3-4-11(14)7-10/h10-12H,2-9,13H2,1H3. The second-order valence-corrected chi connectivity index (χ2v) is 6.30. The third kappa shape index (κ3) is 2.69. The summed E-state index contributed by atoms with van der Waals surface area (Å²) >= 11 is 2.05. The molecule has 2 N–H and O–H groups in total. The van der Waals surface area contributed by atoms with Crippen LogP contribution in [0.2, 0.25) is 0 Å². The maximum absolute atomic E-state index is 5.92. The molecule has 0 amide bonds. The molecule has 15 heavy (non-hydrogen) atoms. The van der Waals surface area contributed by atoms with Gasteiger partial charge >= 0.3 is 0 Å². The van der Waals surface area contributed by atoms with E-state index in [9.17, 15) is 0 Å². The number of nitrogens with zero attached hydrogens (tertiary/aromatic N) is 1. The Morgan fingerprint density at radius 3 is 2.87 bits per heavy atom. The fourth-order valence-electron chi connectivity index (χ4n) is 3.19. The van der Waals surface area contributed by atoms with Crippen molar-refractivity contribution in [3.05, 3.63) is 0 Å². The van der Waals surface area contributed by atoms with Gasteiger partial charge in [-0.05, 0) is 43.1 Å². The van der Waals surface area contributed by atoms with Gasteiger partial charge in [-0.3, -0.25) is 4.90 Å². The Balaban J connectivity index is 1.79. The molecule has 2 nitrogen and oxygen atoms in total. The summed E-state index contributed by atoms with van der Waals surface area (Å²) in [5.74, 6) is 3.53. The molecule has 2 fully saturated rings. The fraction of sp³-hybridized carbons (Fsp3) is 1.00. The topological polar surface area (TPSA) is 29.3 Å². The Bertz CT molecular complexity index is 198. The van der Waals surface area contributed by atoms with Crippen molar-refractivity contribution in [2.45, 2.75) is 44.7 Å². The zero-order chi connectivity index (χ0) is 10.7. The van der Waals surface area contributed by atoms with Crippen molar-refractivity contribution in [1.82, 2.24) is 4.90 Å². The summed E-state index contributed by atoms with van der Waals surface area (Å²) in [6.45, 7) is 4.43. The van der Waals surface area contributed by atoms with Gasteiger partial charge in [0, 0.05) is 25.2 Å². The van der Waals surface area contributed by atoms with Gasteiger partial charge in [0.05, 0.1) is 0 Å². The van der Waals surface area contributed by atoms with E-state index in [1.165, 1.54) is 43.7 Å². The molecular formula is C12H24N2S. The summed E-state index contributed by atoms with van der Waals surface area (Å²) in [7, 11) is 0. The second kappa shape index (κ2) is 5.55. The number of hydrogen-bond acceptors (Lipinski definition) is 3. The van der Waals surface area contributed by atoms with E-state index in [0.717, 1.165) is 18.5 Å². The predicted octanol–water partition coefficient (Wildman–Crippen LogP) is 1.94. The van der Waals surface area contributed by atoms with Gasteiger partial charge in [0.15, 0.2) is 0 Å². The highest BCUT2D eigenvalue weighted by Crippen LogP contribution is 2.38. The molecule has 1 heterocycles. The van der Waals surface area contributed by atoms with Crippen LogP contribution in [0.25, 0.3) is 0 Å². The molecule has 1 saturated carbocycles. The molecule has 0 aromatic heterocycles. The first kappa shape index (κ1) is 11.7. The van der Waals surface area contributed by atoms with Crippen molar-refractivity contribution in [2.75, 3.05) is 24.6 Å². The minimum absolute atomic E-state index is 0.666. The van der Waals surface area contributed by atoms with Gasteiger partial charge in [-0.1, -0.05) is 6.92 Å². The highest BCUT2D eigenvalue weighted by molar-refractivity contribution is 7.99. The van der Waals surface area contributed by atoms with Gasteiger partial charge < -0.3 is 5.73 Å². The summed E-state index contributed by atoms with van der Waals surface area (Å²) < 4.78 is 0. The van der Waals surface area contributed by atoms with Crippen LogP contribution < -0.4 is 5.73 Å². The zero-order valence-corrected chi connectivity index (χ0v) is 10.6.